The summed E-state index contributed by atoms with van der Waals surface area (Å²) in [4.78, 5) is 15.4. The Hall–Kier alpha value is -3.77. The van der Waals surface area contributed by atoms with E-state index in [0.29, 0.717) is 18.9 Å². The molecule has 0 aliphatic heterocycles. The van der Waals surface area contributed by atoms with Crippen LogP contribution in [0.2, 0.25) is 0 Å². The first-order chi connectivity index (χ1) is 19.6. The van der Waals surface area contributed by atoms with Gasteiger partial charge in [-0.05, 0) is 54.3 Å². The zero-order valence-corrected chi connectivity index (χ0v) is 24.8. The van der Waals surface area contributed by atoms with Crippen LogP contribution in [0.3, 0.4) is 0 Å². The number of ether oxygens (including phenoxy) is 2. The number of hydrogen-bond donors (Lipinski definition) is 3. The fraction of sp³-hybridized carbons (Fsp3) is 0.333. The highest BCUT2D eigenvalue weighted by Crippen LogP contribution is 2.27. The standard InChI is InChI=1S/C29H35N3O6S.CH5N/c1-21(2)24-11-9-22(10-12-24)15-16-32(3)39(35,36)27-19-25(13-14-26(27)33)28(30)31-29(34)38-18-17-37-20-23-7-5-4-6-8-23;1-2/h4-14,19,21,33H,15-18,20H2,1-3H3,(H2,30,31,34);2H2,1H3. The zero-order chi connectivity index (χ0) is 30.4. The van der Waals surface area contributed by atoms with E-state index in [-0.39, 0.29) is 36.1 Å². The van der Waals surface area contributed by atoms with E-state index >= 15 is 0 Å². The Labute approximate surface area is 242 Å². The molecule has 0 saturated carbocycles. The number of nitrogens with two attached hydrogens (primary N) is 2. The minimum absolute atomic E-state index is 0.0252. The lowest BCUT2D eigenvalue weighted by Crippen LogP contribution is -2.29. The molecule has 1 amide bonds. The van der Waals surface area contributed by atoms with Gasteiger partial charge in [0.05, 0.1) is 13.2 Å². The molecule has 0 bridgehead atoms. The molecule has 0 radical (unpaired) electrons. The van der Waals surface area contributed by atoms with Crippen LogP contribution in [0.4, 0.5) is 4.79 Å². The van der Waals surface area contributed by atoms with Crippen LogP contribution in [0.25, 0.3) is 0 Å². The smallest absolute Gasteiger partial charge is 0.435 e. The maximum absolute atomic E-state index is 13.2. The molecule has 11 heteroatoms. The third-order valence-corrected chi connectivity index (χ3v) is 7.97. The molecular formula is C30H40N4O6S. The second kappa shape index (κ2) is 16.5. The number of carbonyl (C=O) groups is 1. The zero-order valence-electron chi connectivity index (χ0n) is 24.0. The van der Waals surface area contributed by atoms with E-state index in [1.165, 1.54) is 42.2 Å². The third-order valence-electron chi connectivity index (χ3n) is 6.08. The number of rotatable bonds is 12. The van der Waals surface area contributed by atoms with Crippen LogP contribution in [0, 0.1) is 0 Å². The first-order valence-electron chi connectivity index (χ1n) is 13.2. The molecule has 0 aliphatic carbocycles. The third kappa shape index (κ3) is 10.3. The number of nitrogens with zero attached hydrogens (tertiary/aromatic N) is 2. The van der Waals surface area contributed by atoms with E-state index in [9.17, 15) is 18.3 Å². The molecule has 3 aromatic rings. The summed E-state index contributed by atoms with van der Waals surface area (Å²) in [7, 11) is -1.11. The normalized spacial score (nSPS) is 11.7. The van der Waals surface area contributed by atoms with Crippen molar-refractivity contribution in [1.29, 1.82) is 0 Å². The number of aromatic hydroxyl groups is 1. The molecule has 41 heavy (non-hydrogen) atoms. The monoisotopic (exact) mass is 584 g/mol. The Bertz CT molecular complexity index is 1380. The molecule has 0 aromatic heterocycles. The van der Waals surface area contributed by atoms with Crippen LogP contribution in [-0.4, -0.2) is 63.6 Å². The Balaban J connectivity index is 0.00000287. The molecule has 5 N–H and O–H groups in total. The second-order valence-corrected chi connectivity index (χ2v) is 11.3. The highest BCUT2D eigenvalue weighted by atomic mass is 32.2. The number of benzene rings is 3. The van der Waals surface area contributed by atoms with Crippen molar-refractivity contribution in [3.63, 3.8) is 0 Å². The van der Waals surface area contributed by atoms with Gasteiger partial charge in [-0.2, -0.15) is 4.99 Å². The van der Waals surface area contributed by atoms with Crippen LogP contribution < -0.4 is 11.5 Å². The molecule has 0 spiro atoms. The minimum atomic E-state index is -4.05. The topological polar surface area (TPSA) is 158 Å². The molecule has 3 aromatic carbocycles. The van der Waals surface area contributed by atoms with Gasteiger partial charge in [0.1, 0.15) is 23.1 Å². The SMILES string of the molecule is CC(C)c1ccc(CCN(C)S(=O)(=O)c2cc(/C(N)=N/C(=O)OCCOCc3ccccc3)ccc2O)cc1.CN. The highest BCUT2D eigenvalue weighted by molar-refractivity contribution is 7.89. The molecule has 0 heterocycles. The Kier molecular flexibility index (Phi) is 13.4. The van der Waals surface area contributed by atoms with Crippen LogP contribution in [-0.2, 0) is 32.5 Å². The van der Waals surface area contributed by atoms with E-state index in [4.69, 9.17) is 15.2 Å². The summed E-state index contributed by atoms with van der Waals surface area (Å²) < 4.78 is 38.0. The van der Waals surface area contributed by atoms with E-state index < -0.39 is 21.9 Å². The van der Waals surface area contributed by atoms with Crippen molar-refractivity contribution in [2.24, 2.45) is 16.5 Å². The number of carbonyl (C=O) groups excluding carboxylic acids is 1. The van der Waals surface area contributed by atoms with Gasteiger partial charge < -0.3 is 26.0 Å². The summed E-state index contributed by atoms with van der Waals surface area (Å²) in [6, 6.07) is 21.4. The van der Waals surface area contributed by atoms with E-state index in [1.807, 2.05) is 54.6 Å². The molecule has 0 fully saturated rings. The number of hydrogen-bond acceptors (Lipinski definition) is 7. The van der Waals surface area contributed by atoms with Crippen molar-refractivity contribution >= 4 is 22.0 Å². The van der Waals surface area contributed by atoms with Crippen molar-refractivity contribution in [2.75, 3.05) is 33.9 Å². The van der Waals surface area contributed by atoms with Crippen molar-refractivity contribution in [3.05, 3.63) is 95.1 Å². The number of phenolic OH excluding ortho intramolecular Hbond substituents is 1. The summed E-state index contributed by atoms with van der Waals surface area (Å²) >= 11 is 0. The Morgan fingerprint density at radius 1 is 0.976 bits per heavy atom. The van der Waals surface area contributed by atoms with Gasteiger partial charge in [-0.25, -0.2) is 17.5 Å². The van der Waals surface area contributed by atoms with Gasteiger partial charge in [-0.1, -0.05) is 68.4 Å². The van der Waals surface area contributed by atoms with Crippen LogP contribution in [0.1, 0.15) is 42.0 Å². The van der Waals surface area contributed by atoms with E-state index in [2.05, 4.69) is 24.6 Å². The summed E-state index contributed by atoms with van der Waals surface area (Å²) in [5.41, 5.74) is 13.8. The molecule has 10 nitrogen and oxygen atoms in total. The van der Waals surface area contributed by atoms with Crippen LogP contribution >= 0.6 is 0 Å². The maximum atomic E-state index is 13.2. The largest absolute Gasteiger partial charge is 0.507 e. The molecular weight excluding hydrogens is 544 g/mol. The fourth-order valence-corrected chi connectivity index (χ4v) is 4.95. The molecule has 0 atom stereocenters. The summed E-state index contributed by atoms with van der Waals surface area (Å²) in [6.45, 7) is 4.95. The summed E-state index contributed by atoms with van der Waals surface area (Å²) in [6.07, 6.45) is -0.437. The number of phenols is 1. The predicted octanol–water partition coefficient (Wildman–Crippen LogP) is 4.01. The quantitative estimate of drug-likeness (QED) is 0.164. The van der Waals surface area contributed by atoms with Crippen molar-refractivity contribution in [1.82, 2.24) is 4.31 Å². The van der Waals surface area contributed by atoms with Gasteiger partial charge in [0, 0.05) is 19.2 Å². The number of amides is 1. The average Bonchev–Trinajstić information content (AvgIpc) is 2.97. The first-order valence-corrected chi connectivity index (χ1v) is 14.6. The van der Waals surface area contributed by atoms with Crippen molar-refractivity contribution < 1.29 is 27.8 Å². The van der Waals surface area contributed by atoms with Gasteiger partial charge in [0.25, 0.3) is 0 Å². The fourth-order valence-electron chi connectivity index (χ4n) is 3.67. The number of aliphatic imine (C=N–C) groups is 1. The van der Waals surface area contributed by atoms with Crippen molar-refractivity contribution in [2.45, 2.75) is 37.7 Å². The van der Waals surface area contributed by atoms with Gasteiger partial charge in [0.2, 0.25) is 10.0 Å². The van der Waals surface area contributed by atoms with Gasteiger partial charge in [0.15, 0.2) is 0 Å². The lowest BCUT2D eigenvalue weighted by atomic mass is 10.0. The number of amidine groups is 1. The number of sulfonamides is 1. The molecule has 222 valence electrons. The van der Waals surface area contributed by atoms with Gasteiger partial charge >= 0.3 is 6.09 Å². The molecule has 0 unspecified atom stereocenters. The highest BCUT2D eigenvalue weighted by Gasteiger charge is 2.25. The number of likely N-dealkylation sites (N-methyl/N-ethyl adjacent to an activating group) is 1. The maximum Gasteiger partial charge on any atom is 0.435 e. The average molecular weight is 585 g/mol. The second-order valence-electron chi connectivity index (χ2n) is 9.30. The van der Waals surface area contributed by atoms with Gasteiger partial charge in [-0.3, -0.25) is 0 Å². The molecule has 0 aliphatic rings. The lowest BCUT2D eigenvalue weighted by molar-refractivity contribution is 0.0683. The van der Waals surface area contributed by atoms with E-state index in [0.717, 1.165) is 11.1 Å². The summed E-state index contributed by atoms with van der Waals surface area (Å²) in [5.74, 6) is -0.262. The Morgan fingerprint density at radius 2 is 1.63 bits per heavy atom. The van der Waals surface area contributed by atoms with Gasteiger partial charge in [-0.15, -0.1) is 0 Å². The summed E-state index contributed by atoms with van der Waals surface area (Å²) in [5, 5.41) is 10.3. The Morgan fingerprint density at radius 3 is 2.27 bits per heavy atom. The molecule has 0 saturated heterocycles. The lowest BCUT2D eigenvalue weighted by Gasteiger charge is -2.18. The van der Waals surface area contributed by atoms with E-state index in [1.54, 1.807) is 0 Å². The molecule has 3 rings (SSSR count). The van der Waals surface area contributed by atoms with Crippen LogP contribution in [0.15, 0.2) is 82.7 Å². The van der Waals surface area contributed by atoms with Crippen molar-refractivity contribution in [3.8, 4) is 5.75 Å². The van der Waals surface area contributed by atoms with Crippen LogP contribution in [0.5, 0.6) is 5.75 Å². The predicted molar refractivity (Wildman–Crippen MR) is 160 cm³/mol. The minimum Gasteiger partial charge on any atom is -0.507 e. The first kappa shape index (κ1) is 33.4.